The molecule has 1 aliphatic rings. The third-order valence-corrected chi connectivity index (χ3v) is 6.21. The van der Waals surface area contributed by atoms with Gasteiger partial charge in [0.2, 0.25) is 0 Å². The van der Waals surface area contributed by atoms with Gasteiger partial charge in [0, 0.05) is 35.8 Å². The summed E-state index contributed by atoms with van der Waals surface area (Å²) in [6, 6.07) is 17.4. The summed E-state index contributed by atoms with van der Waals surface area (Å²) in [6.07, 6.45) is 4.60. The summed E-state index contributed by atoms with van der Waals surface area (Å²) < 4.78 is 21.3. The van der Waals surface area contributed by atoms with Crippen molar-refractivity contribution < 1.29 is 19.0 Å². The molecule has 4 aromatic rings. The molecule has 0 fully saturated rings. The minimum absolute atomic E-state index is 0.100. The van der Waals surface area contributed by atoms with Gasteiger partial charge in [-0.2, -0.15) is 0 Å². The van der Waals surface area contributed by atoms with E-state index in [4.69, 9.17) is 9.72 Å². The van der Waals surface area contributed by atoms with Crippen LogP contribution in [0.1, 0.15) is 35.8 Å². The summed E-state index contributed by atoms with van der Waals surface area (Å²) in [5, 5.41) is 13.8. The van der Waals surface area contributed by atoms with E-state index in [9.17, 15) is 14.3 Å². The van der Waals surface area contributed by atoms with E-state index in [1.807, 2.05) is 41.1 Å². The van der Waals surface area contributed by atoms with E-state index in [0.717, 1.165) is 65.1 Å². The summed E-state index contributed by atoms with van der Waals surface area (Å²) in [4.78, 5) is 16.3. The first-order chi connectivity index (χ1) is 16.6. The van der Waals surface area contributed by atoms with Gasteiger partial charge in [-0.05, 0) is 66.9 Å². The number of aromatic nitrogens is 2. The maximum atomic E-state index is 13.4. The zero-order valence-corrected chi connectivity index (χ0v) is 18.7. The van der Waals surface area contributed by atoms with Crippen LogP contribution in [0.4, 0.5) is 10.1 Å². The second-order valence-electron chi connectivity index (χ2n) is 8.53. The van der Waals surface area contributed by atoms with E-state index in [-0.39, 0.29) is 12.2 Å². The molecule has 6 nitrogen and oxygen atoms in total. The summed E-state index contributed by atoms with van der Waals surface area (Å²) >= 11 is 0. The highest BCUT2D eigenvalue weighted by molar-refractivity contribution is 5.82. The Labute approximate surface area is 197 Å². The molecule has 1 aliphatic heterocycles. The van der Waals surface area contributed by atoms with E-state index in [1.54, 1.807) is 12.1 Å². The monoisotopic (exact) mass is 459 g/mol. The smallest absolute Gasteiger partial charge is 0.305 e. The molecule has 2 N–H and O–H groups in total. The molecule has 0 radical (unpaired) electrons. The third kappa shape index (κ3) is 4.73. The van der Waals surface area contributed by atoms with E-state index < -0.39 is 12.0 Å². The number of carbonyl (C=O) groups is 1. The fraction of sp³-hybridized carbons (Fsp3) is 0.259. The van der Waals surface area contributed by atoms with Crippen LogP contribution in [0.3, 0.4) is 0 Å². The van der Waals surface area contributed by atoms with E-state index in [0.29, 0.717) is 6.61 Å². The first kappa shape index (κ1) is 21.9. The molecule has 2 aromatic carbocycles. The molecule has 34 heavy (non-hydrogen) atoms. The van der Waals surface area contributed by atoms with Crippen LogP contribution in [0, 0.1) is 5.82 Å². The number of ether oxygens (including phenoxy) is 1. The Hall–Kier alpha value is -3.87. The molecule has 2 aromatic heterocycles. The van der Waals surface area contributed by atoms with Gasteiger partial charge in [0.15, 0.2) is 0 Å². The normalized spacial score (nSPS) is 13.8. The largest absolute Gasteiger partial charge is 0.493 e. The number of anilines is 1. The number of nitrogens with one attached hydrogen (secondary N) is 1. The number of hydrogen-bond donors (Lipinski definition) is 2. The molecule has 0 saturated heterocycles. The van der Waals surface area contributed by atoms with Crippen LogP contribution in [0.15, 0.2) is 66.9 Å². The first-order valence-corrected chi connectivity index (χ1v) is 11.5. The highest BCUT2D eigenvalue weighted by atomic mass is 19.1. The number of aryl methyl sites for hydroxylation is 1. The molecule has 1 unspecified atom stereocenters. The van der Waals surface area contributed by atoms with Crippen molar-refractivity contribution in [3.8, 4) is 5.75 Å². The van der Waals surface area contributed by atoms with Gasteiger partial charge in [0.1, 0.15) is 11.6 Å². The Kier molecular flexibility index (Phi) is 6.16. The van der Waals surface area contributed by atoms with Crippen molar-refractivity contribution >= 4 is 22.6 Å². The molecule has 0 bridgehead atoms. The van der Waals surface area contributed by atoms with Crippen LogP contribution in [-0.2, 0) is 17.6 Å². The van der Waals surface area contributed by atoms with Gasteiger partial charge in [0.25, 0.3) is 0 Å². The predicted molar refractivity (Wildman–Crippen MR) is 129 cm³/mol. The molecule has 0 spiro atoms. The number of aliphatic carboxylic acids is 1. The molecule has 0 amide bonds. The molecule has 0 aliphatic carbocycles. The molecular formula is C27H26FN3O3. The van der Waals surface area contributed by atoms with Crippen LogP contribution in [0.5, 0.6) is 5.75 Å². The van der Waals surface area contributed by atoms with Crippen LogP contribution in [0.2, 0.25) is 0 Å². The molecule has 3 heterocycles. The number of fused-ring (bicyclic) bond motifs is 2. The highest BCUT2D eigenvalue weighted by Gasteiger charge is 2.19. The Morgan fingerprint density at radius 2 is 2.00 bits per heavy atom. The summed E-state index contributed by atoms with van der Waals surface area (Å²) in [6.45, 7) is 1.52. The average molecular weight is 460 g/mol. The van der Waals surface area contributed by atoms with Crippen molar-refractivity contribution in [3.05, 3.63) is 89.6 Å². The maximum absolute atomic E-state index is 13.4. The Bertz CT molecular complexity index is 1320. The van der Waals surface area contributed by atoms with Crippen molar-refractivity contribution in [3.63, 3.8) is 0 Å². The van der Waals surface area contributed by atoms with Gasteiger partial charge < -0.3 is 19.7 Å². The van der Waals surface area contributed by atoms with Crippen LogP contribution >= 0.6 is 0 Å². The highest BCUT2D eigenvalue weighted by Crippen LogP contribution is 2.30. The average Bonchev–Trinajstić information content (AvgIpc) is 3.26. The van der Waals surface area contributed by atoms with Crippen molar-refractivity contribution in [2.45, 2.75) is 31.7 Å². The molecule has 174 valence electrons. The number of hydrogen-bond acceptors (Lipinski definition) is 4. The van der Waals surface area contributed by atoms with Crippen molar-refractivity contribution in [1.82, 2.24) is 9.55 Å². The minimum atomic E-state index is -0.914. The third-order valence-electron chi connectivity index (χ3n) is 6.21. The van der Waals surface area contributed by atoms with Crippen LogP contribution in [-0.4, -0.2) is 33.8 Å². The van der Waals surface area contributed by atoms with Gasteiger partial charge in [-0.1, -0.05) is 12.1 Å². The summed E-state index contributed by atoms with van der Waals surface area (Å²) in [5.74, 6) is -0.511. The van der Waals surface area contributed by atoms with Gasteiger partial charge in [-0.3, -0.25) is 9.78 Å². The lowest BCUT2D eigenvalue weighted by atomic mass is 10.0. The van der Waals surface area contributed by atoms with Gasteiger partial charge in [-0.25, -0.2) is 4.39 Å². The second-order valence-corrected chi connectivity index (χ2v) is 8.53. The predicted octanol–water partition coefficient (Wildman–Crippen LogP) is 5.22. The quantitative estimate of drug-likeness (QED) is 0.378. The van der Waals surface area contributed by atoms with E-state index >= 15 is 0 Å². The number of pyridine rings is 1. The lowest BCUT2D eigenvalue weighted by molar-refractivity contribution is -0.137. The molecule has 7 heteroatoms. The van der Waals surface area contributed by atoms with Crippen LogP contribution in [0.25, 0.3) is 10.9 Å². The Morgan fingerprint density at radius 3 is 2.82 bits per heavy atom. The van der Waals surface area contributed by atoms with Gasteiger partial charge >= 0.3 is 5.97 Å². The lowest BCUT2D eigenvalue weighted by Crippen LogP contribution is -2.14. The van der Waals surface area contributed by atoms with Gasteiger partial charge in [-0.15, -0.1) is 0 Å². The maximum Gasteiger partial charge on any atom is 0.305 e. The van der Waals surface area contributed by atoms with Crippen molar-refractivity contribution in [1.29, 1.82) is 0 Å². The Balaban J connectivity index is 1.30. The standard InChI is InChI=1S/C27H26FN3O3/c28-20-5-3-18(4-6-20)26(17-27(32)33)31-14-11-19-16-22(8-10-25(19)31)34-15-12-21-7-9-23-24(30-21)2-1-13-29-23/h3-11,14,16,26,29H,1-2,12-13,15,17H2,(H,32,33). The zero-order valence-electron chi connectivity index (χ0n) is 18.7. The number of benzene rings is 2. The number of halogens is 1. The minimum Gasteiger partial charge on any atom is -0.493 e. The number of carboxylic acids is 1. The van der Waals surface area contributed by atoms with Gasteiger partial charge in [0.05, 0.1) is 30.5 Å². The molecule has 1 atom stereocenters. The molecule has 0 saturated carbocycles. The SMILES string of the molecule is O=C(O)CC(c1ccc(F)cc1)n1ccc2cc(OCCc3ccc4c(n3)CCCN4)ccc21. The summed E-state index contributed by atoms with van der Waals surface area (Å²) in [5.41, 5.74) is 4.92. The number of nitrogens with zero attached hydrogens (tertiary/aromatic N) is 2. The topological polar surface area (TPSA) is 76.4 Å². The van der Waals surface area contributed by atoms with E-state index in [1.165, 1.54) is 12.1 Å². The molecular weight excluding hydrogens is 433 g/mol. The van der Waals surface area contributed by atoms with E-state index in [2.05, 4.69) is 11.4 Å². The van der Waals surface area contributed by atoms with Crippen LogP contribution < -0.4 is 10.1 Å². The zero-order chi connectivity index (χ0) is 23.5. The first-order valence-electron chi connectivity index (χ1n) is 11.5. The fourth-order valence-corrected chi connectivity index (χ4v) is 4.52. The summed E-state index contributed by atoms with van der Waals surface area (Å²) in [7, 11) is 0. The van der Waals surface area contributed by atoms with Crippen molar-refractivity contribution in [2.75, 3.05) is 18.5 Å². The lowest BCUT2D eigenvalue weighted by Gasteiger charge is -2.19. The van der Waals surface area contributed by atoms with Crippen molar-refractivity contribution in [2.24, 2.45) is 0 Å². The number of rotatable bonds is 8. The fourth-order valence-electron chi connectivity index (χ4n) is 4.52. The second kappa shape index (κ2) is 9.55. The molecule has 5 rings (SSSR count). The Morgan fingerprint density at radius 1 is 1.15 bits per heavy atom. The number of carboxylic acid groups (broad SMARTS) is 1.